The first-order valence-electron chi connectivity index (χ1n) is 24.1. The number of allylic oxidation sites excluding steroid dienone is 21. The van der Waals surface area contributed by atoms with Crippen molar-refractivity contribution in [3.63, 3.8) is 0 Å². The van der Waals surface area contributed by atoms with E-state index < -0.39 is 0 Å². The van der Waals surface area contributed by atoms with Crippen LogP contribution in [0, 0.1) is 29.6 Å². The van der Waals surface area contributed by atoms with E-state index in [1.807, 2.05) is 0 Å². The molecule has 2 saturated carbocycles. The summed E-state index contributed by atoms with van der Waals surface area (Å²) in [7, 11) is 0. The van der Waals surface area contributed by atoms with E-state index in [1.165, 1.54) is 92.5 Å². The molecular formula is C56H63NO2. The fourth-order valence-electron chi connectivity index (χ4n) is 13.8. The Hall–Kier alpha value is -4.08. The van der Waals surface area contributed by atoms with Crippen molar-refractivity contribution in [1.29, 1.82) is 0 Å². The zero-order valence-electron chi connectivity index (χ0n) is 35.1. The van der Waals surface area contributed by atoms with Gasteiger partial charge in [-0.1, -0.05) is 110 Å². The van der Waals surface area contributed by atoms with Gasteiger partial charge in [0.25, 0.3) is 0 Å². The number of nitrogens with zero attached hydrogens (tertiary/aromatic N) is 1. The molecule has 304 valence electrons. The third-order valence-electron chi connectivity index (χ3n) is 16.8. The SMILES string of the molecule is C1=CCCC(C2=CCCC3=C2OC2CCC(C4C=CC(N(C5=CC=C(C6=CC7=C(C=CCC7)CC6)CC5)C5C=CC=C6C7CC[C@@H]8CCCCC8C7OC65)=CC4)=CC32)=C1. The van der Waals surface area contributed by atoms with Crippen LogP contribution in [-0.4, -0.2) is 29.3 Å². The van der Waals surface area contributed by atoms with Crippen LogP contribution in [0.4, 0.5) is 0 Å². The molecule has 0 spiro atoms. The number of hydrogen-bond donors (Lipinski definition) is 0. The second-order valence-electron chi connectivity index (χ2n) is 19.8. The molecule has 0 aromatic rings. The van der Waals surface area contributed by atoms with E-state index >= 15 is 0 Å². The summed E-state index contributed by atoms with van der Waals surface area (Å²) < 4.78 is 14.3. The van der Waals surface area contributed by atoms with E-state index in [9.17, 15) is 0 Å². The Labute approximate surface area is 353 Å². The Morgan fingerprint density at radius 3 is 2.53 bits per heavy atom. The van der Waals surface area contributed by atoms with Crippen LogP contribution < -0.4 is 0 Å². The highest BCUT2D eigenvalue weighted by Gasteiger charge is 2.52. The number of fused-ring (bicyclic) bond motifs is 7. The highest BCUT2D eigenvalue weighted by atomic mass is 16.5. The Morgan fingerprint density at radius 2 is 1.63 bits per heavy atom. The summed E-state index contributed by atoms with van der Waals surface area (Å²) in [4.78, 5) is 2.74. The van der Waals surface area contributed by atoms with Gasteiger partial charge in [0, 0.05) is 34.7 Å². The van der Waals surface area contributed by atoms with E-state index in [0.29, 0.717) is 30.0 Å². The first-order chi connectivity index (χ1) is 29.2. The lowest BCUT2D eigenvalue weighted by atomic mass is 9.64. The highest BCUT2D eigenvalue weighted by Crippen LogP contribution is 2.54. The van der Waals surface area contributed by atoms with Gasteiger partial charge < -0.3 is 14.4 Å². The Bertz CT molecular complexity index is 2230. The first-order valence-corrected chi connectivity index (χ1v) is 24.1. The van der Waals surface area contributed by atoms with Crippen LogP contribution >= 0.6 is 0 Å². The largest absolute Gasteiger partial charge is 0.489 e. The molecule has 2 aliphatic heterocycles. The molecule has 0 N–H and O–H groups in total. The van der Waals surface area contributed by atoms with Gasteiger partial charge in [-0.2, -0.15) is 0 Å². The molecule has 8 unspecified atom stereocenters. The summed E-state index contributed by atoms with van der Waals surface area (Å²) in [6.45, 7) is 0. The van der Waals surface area contributed by atoms with Gasteiger partial charge >= 0.3 is 0 Å². The predicted molar refractivity (Wildman–Crippen MR) is 240 cm³/mol. The fourth-order valence-corrected chi connectivity index (χ4v) is 13.8. The number of ether oxygens (including phenoxy) is 2. The van der Waals surface area contributed by atoms with Gasteiger partial charge in [0.15, 0.2) is 0 Å². The molecule has 3 nitrogen and oxygen atoms in total. The van der Waals surface area contributed by atoms with Gasteiger partial charge in [0.1, 0.15) is 18.0 Å². The Balaban J connectivity index is 0.834. The zero-order valence-corrected chi connectivity index (χ0v) is 35.1. The summed E-state index contributed by atoms with van der Waals surface area (Å²) in [6.07, 6.45) is 63.2. The van der Waals surface area contributed by atoms with E-state index in [-0.39, 0.29) is 12.1 Å². The summed E-state index contributed by atoms with van der Waals surface area (Å²) in [5.74, 6) is 4.33. The lowest BCUT2D eigenvalue weighted by Crippen LogP contribution is -2.43. The molecule has 0 amide bonds. The lowest BCUT2D eigenvalue weighted by molar-refractivity contribution is -0.0620. The molecule has 1 saturated heterocycles. The average Bonchev–Trinajstić information content (AvgIpc) is 3.89. The maximum absolute atomic E-state index is 7.42. The number of rotatable bonds is 6. The summed E-state index contributed by atoms with van der Waals surface area (Å²) >= 11 is 0. The van der Waals surface area contributed by atoms with Gasteiger partial charge in [-0.15, -0.1) is 0 Å². The molecule has 0 radical (unpaired) electrons. The molecule has 3 fully saturated rings. The van der Waals surface area contributed by atoms with Crippen LogP contribution in [0.3, 0.4) is 0 Å². The van der Waals surface area contributed by atoms with Crippen molar-refractivity contribution in [1.82, 2.24) is 4.90 Å². The zero-order chi connectivity index (χ0) is 38.9. The molecule has 10 aliphatic carbocycles. The van der Waals surface area contributed by atoms with E-state index in [2.05, 4.69) is 102 Å². The van der Waals surface area contributed by atoms with Gasteiger partial charge in [-0.25, -0.2) is 0 Å². The monoisotopic (exact) mass is 781 g/mol. The second kappa shape index (κ2) is 15.4. The van der Waals surface area contributed by atoms with E-state index in [1.54, 1.807) is 39.0 Å². The van der Waals surface area contributed by atoms with Crippen molar-refractivity contribution in [2.24, 2.45) is 29.6 Å². The van der Waals surface area contributed by atoms with Crippen LogP contribution in [0.2, 0.25) is 0 Å². The van der Waals surface area contributed by atoms with Gasteiger partial charge in [-0.3, -0.25) is 0 Å². The Kier molecular flexibility index (Phi) is 9.61. The standard InChI is InChI=1S/C56H63NO2/c1-2-11-39(12-3-1)47-16-8-17-49-51-35-43(27-33-53(51)58-54(47)49)38-24-30-45(31-25-38)57(44-28-22-37(23-29-44)42-21-20-36-10-4-5-14-41(36)34-42)52-19-9-18-48-50-32-26-40-13-6-7-15-46(40)55(50)59-56(48)52/h1-2,4,9-11,16,18-19,22,24,28,30-31,34-35,38,40,46,50-53,55-56H,3,5-8,12-15,17,20-21,23,25-27,29,32-33H2/t38?,40-,46?,50?,51?,52?,53?,55?,56?/m0/s1. The molecule has 0 aromatic heterocycles. The minimum atomic E-state index is 0.136. The smallest absolute Gasteiger partial charge is 0.126 e. The van der Waals surface area contributed by atoms with Crippen LogP contribution in [-0.2, 0) is 9.47 Å². The van der Waals surface area contributed by atoms with Crippen LogP contribution in [0.5, 0.6) is 0 Å². The highest BCUT2D eigenvalue weighted by molar-refractivity contribution is 5.54. The van der Waals surface area contributed by atoms with Crippen LogP contribution in [0.15, 0.2) is 165 Å². The van der Waals surface area contributed by atoms with E-state index in [4.69, 9.17) is 9.47 Å². The molecule has 12 rings (SSSR count). The molecule has 2 heterocycles. The van der Waals surface area contributed by atoms with Crippen molar-refractivity contribution >= 4 is 0 Å². The van der Waals surface area contributed by atoms with Gasteiger partial charge in [-0.05, 0) is 166 Å². The first kappa shape index (κ1) is 36.7. The van der Waals surface area contributed by atoms with Crippen molar-refractivity contribution in [2.45, 2.75) is 146 Å². The van der Waals surface area contributed by atoms with Gasteiger partial charge in [0.2, 0.25) is 0 Å². The molecule has 59 heavy (non-hydrogen) atoms. The fraction of sp³-hybridized carbons (Fsp3) is 0.500. The van der Waals surface area contributed by atoms with E-state index in [0.717, 1.165) is 69.6 Å². The van der Waals surface area contributed by atoms with Crippen molar-refractivity contribution in [3.05, 3.63) is 165 Å². The van der Waals surface area contributed by atoms with Crippen molar-refractivity contribution < 1.29 is 9.47 Å². The average molecular weight is 782 g/mol. The summed E-state index contributed by atoms with van der Waals surface area (Å²) in [6, 6.07) is 0.186. The molecular weight excluding hydrogens is 719 g/mol. The minimum absolute atomic E-state index is 0.136. The lowest BCUT2D eigenvalue weighted by Gasteiger charge is -2.42. The minimum Gasteiger partial charge on any atom is -0.489 e. The third kappa shape index (κ3) is 6.55. The molecule has 0 bridgehead atoms. The topological polar surface area (TPSA) is 21.7 Å². The predicted octanol–water partition coefficient (Wildman–Crippen LogP) is 13.6. The second-order valence-corrected chi connectivity index (χ2v) is 19.8. The molecule has 12 aliphatic rings. The van der Waals surface area contributed by atoms with Gasteiger partial charge in [0.05, 0.1) is 12.1 Å². The summed E-state index contributed by atoms with van der Waals surface area (Å²) in [5.41, 5.74) is 16.8. The van der Waals surface area contributed by atoms with Crippen LogP contribution in [0.25, 0.3) is 0 Å². The summed E-state index contributed by atoms with van der Waals surface area (Å²) in [5, 5.41) is 0. The molecule has 3 heteroatoms. The molecule has 0 aromatic carbocycles. The Morgan fingerprint density at radius 1 is 0.678 bits per heavy atom. The normalized spacial score (nSPS) is 36.8. The van der Waals surface area contributed by atoms with Crippen molar-refractivity contribution in [2.75, 3.05) is 0 Å². The third-order valence-corrected chi connectivity index (χ3v) is 16.8. The quantitative estimate of drug-likeness (QED) is 0.251. The van der Waals surface area contributed by atoms with Crippen LogP contribution in [0.1, 0.15) is 122 Å². The van der Waals surface area contributed by atoms with Crippen molar-refractivity contribution in [3.8, 4) is 0 Å². The maximum atomic E-state index is 7.42. The number of hydrogen-bond acceptors (Lipinski definition) is 3. The molecule has 9 atom stereocenters. The maximum Gasteiger partial charge on any atom is 0.126 e.